The van der Waals surface area contributed by atoms with Gasteiger partial charge in [-0.3, -0.25) is 19.5 Å². The fraction of sp³-hybridized carbons (Fsp3) is 0.500. The maximum Gasteiger partial charge on any atom is 0.231 e. The number of anilines is 1. The molecular weight excluding hydrogens is 360 g/mol. The van der Waals surface area contributed by atoms with E-state index in [-0.39, 0.29) is 17.9 Å². The summed E-state index contributed by atoms with van der Waals surface area (Å²) in [4.78, 5) is 24.6. The molecular formula is C24H32N4O. The van der Waals surface area contributed by atoms with Crippen LogP contribution in [0.3, 0.4) is 0 Å². The van der Waals surface area contributed by atoms with Crippen molar-refractivity contribution in [2.24, 2.45) is 5.92 Å². The summed E-state index contributed by atoms with van der Waals surface area (Å²) in [6.45, 7) is 8.32. The van der Waals surface area contributed by atoms with Gasteiger partial charge in [0.2, 0.25) is 5.91 Å². The topological polar surface area (TPSA) is 39.7 Å². The molecule has 5 nitrogen and oxygen atoms in total. The van der Waals surface area contributed by atoms with Gasteiger partial charge < -0.3 is 0 Å². The summed E-state index contributed by atoms with van der Waals surface area (Å²) in [6, 6.07) is 16.7. The average molecular weight is 393 g/mol. The number of carbonyl (C=O) groups excluding carboxylic acids is 1. The summed E-state index contributed by atoms with van der Waals surface area (Å²) in [5, 5.41) is 0. The molecule has 5 heteroatoms. The van der Waals surface area contributed by atoms with E-state index < -0.39 is 0 Å². The van der Waals surface area contributed by atoms with E-state index in [0.717, 1.165) is 57.9 Å². The van der Waals surface area contributed by atoms with Crippen LogP contribution in [0.25, 0.3) is 0 Å². The van der Waals surface area contributed by atoms with Crippen LogP contribution in [0.15, 0.2) is 54.7 Å². The third-order valence-corrected chi connectivity index (χ3v) is 6.27. The molecule has 0 radical (unpaired) electrons. The van der Waals surface area contributed by atoms with Gasteiger partial charge in [-0.15, -0.1) is 0 Å². The number of benzene rings is 1. The maximum atomic E-state index is 13.1. The van der Waals surface area contributed by atoms with Gasteiger partial charge in [0, 0.05) is 57.4 Å². The second-order valence-corrected chi connectivity index (χ2v) is 8.44. The number of piperazine rings is 1. The van der Waals surface area contributed by atoms with Crippen LogP contribution in [0.1, 0.15) is 31.7 Å². The zero-order valence-corrected chi connectivity index (χ0v) is 17.4. The number of nitrogens with zero attached hydrogens (tertiary/aromatic N) is 4. The predicted octanol–water partition coefficient (Wildman–Crippen LogP) is 3.42. The molecule has 1 saturated heterocycles. The molecule has 2 aliphatic rings. The number of aromatic nitrogens is 1. The van der Waals surface area contributed by atoms with Crippen molar-refractivity contribution in [2.45, 2.75) is 38.8 Å². The van der Waals surface area contributed by atoms with Gasteiger partial charge >= 0.3 is 0 Å². The van der Waals surface area contributed by atoms with Crippen LogP contribution in [0.2, 0.25) is 0 Å². The Kier molecular flexibility index (Phi) is 6.57. The van der Waals surface area contributed by atoms with Gasteiger partial charge in [0.1, 0.15) is 5.82 Å². The molecule has 2 aromatic rings. The molecule has 0 N–H and O–H groups in total. The molecule has 1 saturated carbocycles. The number of pyridine rings is 1. The van der Waals surface area contributed by atoms with Crippen LogP contribution >= 0.6 is 0 Å². The first kappa shape index (κ1) is 20.0. The number of hydrogen-bond acceptors (Lipinski definition) is 4. The van der Waals surface area contributed by atoms with Crippen molar-refractivity contribution in [2.75, 3.05) is 37.6 Å². The van der Waals surface area contributed by atoms with Crippen molar-refractivity contribution < 1.29 is 4.79 Å². The van der Waals surface area contributed by atoms with Gasteiger partial charge in [-0.25, -0.2) is 4.98 Å². The van der Waals surface area contributed by atoms with Gasteiger partial charge in [-0.2, -0.15) is 0 Å². The zero-order chi connectivity index (χ0) is 20.1. The molecule has 1 aliphatic heterocycles. The summed E-state index contributed by atoms with van der Waals surface area (Å²) >= 11 is 0. The summed E-state index contributed by atoms with van der Waals surface area (Å²) < 4.78 is 0. The van der Waals surface area contributed by atoms with Crippen molar-refractivity contribution >= 4 is 11.7 Å². The fourth-order valence-corrected chi connectivity index (χ4v) is 4.33. The lowest BCUT2D eigenvalue weighted by atomic mass is 9.84. The minimum Gasteiger partial charge on any atom is -0.299 e. The van der Waals surface area contributed by atoms with E-state index in [4.69, 9.17) is 0 Å². The van der Waals surface area contributed by atoms with E-state index in [2.05, 4.69) is 52.0 Å². The molecule has 0 unspecified atom stereocenters. The molecule has 4 rings (SSSR count). The van der Waals surface area contributed by atoms with Crippen molar-refractivity contribution in [1.29, 1.82) is 0 Å². The van der Waals surface area contributed by atoms with E-state index in [1.54, 1.807) is 6.20 Å². The molecule has 0 bridgehead atoms. The van der Waals surface area contributed by atoms with Gasteiger partial charge in [0.15, 0.2) is 0 Å². The van der Waals surface area contributed by atoms with Crippen LogP contribution in [-0.2, 0) is 11.3 Å². The SMILES string of the molecule is C[C@H](CN1CCN(Cc2ccccc2)CC1)N(C(=O)C1CCC1)c1ccccn1. The molecule has 154 valence electrons. The van der Waals surface area contributed by atoms with Crippen molar-refractivity contribution in [3.05, 3.63) is 60.3 Å². The molecule has 2 heterocycles. The molecule has 1 aromatic carbocycles. The Hall–Kier alpha value is -2.24. The van der Waals surface area contributed by atoms with E-state index in [1.165, 1.54) is 12.0 Å². The Labute approximate surface area is 174 Å². The monoisotopic (exact) mass is 392 g/mol. The van der Waals surface area contributed by atoms with Gasteiger partial charge in [0.05, 0.1) is 0 Å². The Balaban J connectivity index is 1.34. The molecule has 29 heavy (non-hydrogen) atoms. The van der Waals surface area contributed by atoms with E-state index in [1.807, 2.05) is 23.1 Å². The van der Waals surface area contributed by atoms with Crippen LogP contribution in [0.4, 0.5) is 5.82 Å². The van der Waals surface area contributed by atoms with Crippen LogP contribution in [0, 0.1) is 5.92 Å². The Morgan fingerprint density at radius 1 is 1.03 bits per heavy atom. The molecule has 1 atom stereocenters. The van der Waals surface area contributed by atoms with E-state index in [9.17, 15) is 4.79 Å². The highest BCUT2D eigenvalue weighted by Crippen LogP contribution is 2.30. The highest BCUT2D eigenvalue weighted by molar-refractivity contribution is 5.95. The lowest BCUT2D eigenvalue weighted by Gasteiger charge is -2.39. The van der Waals surface area contributed by atoms with Crippen molar-refractivity contribution in [3.8, 4) is 0 Å². The standard InChI is InChI=1S/C24H32N4O/c1-20(28(23-12-5-6-13-25-23)24(29)22-10-7-11-22)18-26-14-16-27(17-15-26)19-21-8-3-2-4-9-21/h2-6,8-9,12-13,20,22H,7,10-11,14-19H2,1H3/t20-/m1/s1. The molecule has 1 aliphatic carbocycles. The van der Waals surface area contributed by atoms with Crippen molar-refractivity contribution in [1.82, 2.24) is 14.8 Å². The third-order valence-electron chi connectivity index (χ3n) is 6.27. The second-order valence-electron chi connectivity index (χ2n) is 8.44. The number of amides is 1. The van der Waals surface area contributed by atoms with E-state index in [0.29, 0.717) is 0 Å². The van der Waals surface area contributed by atoms with Crippen LogP contribution in [0.5, 0.6) is 0 Å². The Morgan fingerprint density at radius 2 is 1.72 bits per heavy atom. The highest BCUT2D eigenvalue weighted by atomic mass is 16.2. The second kappa shape index (κ2) is 9.51. The summed E-state index contributed by atoms with van der Waals surface area (Å²) in [7, 11) is 0. The number of carbonyl (C=O) groups is 1. The Bertz CT molecular complexity index is 770. The fourth-order valence-electron chi connectivity index (χ4n) is 4.33. The lowest BCUT2D eigenvalue weighted by molar-refractivity contribution is -0.125. The van der Waals surface area contributed by atoms with Gasteiger partial charge in [-0.05, 0) is 37.5 Å². The normalized spacial score (nSPS) is 19.5. The molecule has 0 spiro atoms. The average Bonchev–Trinajstić information content (AvgIpc) is 2.70. The van der Waals surface area contributed by atoms with Crippen molar-refractivity contribution in [3.63, 3.8) is 0 Å². The first-order valence-corrected chi connectivity index (χ1v) is 10.9. The Morgan fingerprint density at radius 3 is 2.34 bits per heavy atom. The largest absolute Gasteiger partial charge is 0.299 e. The van der Waals surface area contributed by atoms with E-state index >= 15 is 0 Å². The summed E-state index contributed by atoms with van der Waals surface area (Å²) in [5.74, 6) is 1.23. The maximum absolute atomic E-state index is 13.1. The first-order valence-electron chi connectivity index (χ1n) is 10.9. The van der Waals surface area contributed by atoms with Crippen LogP contribution < -0.4 is 4.90 Å². The number of rotatable bonds is 7. The molecule has 2 fully saturated rings. The highest BCUT2D eigenvalue weighted by Gasteiger charge is 2.34. The molecule has 1 amide bonds. The smallest absolute Gasteiger partial charge is 0.231 e. The van der Waals surface area contributed by atoms with Crippen LogP contribution in [-0.4, -0.2) is 59.5 Å². The number of hydrogen-bond donors (Lipinski definition) is 0. The lowest BCUT2D eigenvalue weighted by Crippen LogP contribution is -2.53. The third kappa shape index (κ3) is 5.03. The summed E-state index contributed by atoms with van der Waals surface area (Å²) in [6.07, 6.45) is 5.00. The minimum absolute atomic E-state index is 0.124. The predicted molar refractivity (Wildman–Crippen MR) is 117 cm³/mol. The van der Waals surface area contributed by atoms with Gasteiger partial charge in [0.25, 0.3) is 0 Å². The molecule has 1 aromatic heterocycles. The first-order chi connectivity index (χ1) is 14.2. The minimum atomic E-state index is 0.124. The quantitative estimate of drug-likeness (QED) is 0.724. The summed E-state index contributed by atoms with van der Waals surface area (Å²) in [5.41, 5.74) is 1.38. The van der Waals surface area contributed by atoms with Gasteiger partial charge in [-0.1, -0.05) is 42.8 Å². The zero-order valence-electron chi connectivity index (χ0n) is 17.4.